The molecule has 0 aliphatic rings. The Balaban J connectivity index is 1.93. The number of aromatic nitrogens is 2. The summed E-state index contributed by atoms with van der Waals surface area (Å²) in [6.45, 7) is 0. The van der Waals surface area contributed by atoms with Gasteiger partial charge in [0.15, 0.2) is 5.65 Å². The van der Waals surface area contributed by atoms with E-state index in [0.29, 0.717) is 16.6 Å². The van der Waals surface area contributed by atoms with Gasteiger partial charge in [-0.05, 0) is 54.3 Å². The van der Waals surface area contributed by atoms with Crippen molar-refractivity contribution in [1.29, 1.82) is 0 Å². The van der Waals surface area contributed by atoms with Gasteiger partial charge in [0, 0.05) is 16.5 Å². The Hall–Kier alpha value is -2.61. The SMILES string of the molecule is CSc1ccc([C@@H](O)c2cc3cccnc3n2S(=O)(=O)c2ccccc2)cc1. The fourth-order valence-electron chi connectivity index (χ4n) is 3.13. The van der Waals surface area contributed by atoms with Crippen LogP contribution in [0.3, 0.4) is 0 Å². The first-order valence-corrected chi connectivity index (χ1v) is 11.3. The number of aliphatic hydroxyl groups is 1. The second kappa shape index (κ2) is 7.43. The Morgan fingerprint density at radius 2 is 1.71 bits per heavy atom. The predicted molar refractivity (Wildman–Crippen MR) is 111 cm³/mol. The smallest absolute Gasteiger partial charge is 0.269 e. The third-order valence-corrected chi connectivity index (χ3v) is 7.02. The van der Waals surface area contributed by atoms with Crippen molar-refractivity contribution in [3.8, 4) is 0 Å². The molecule has 2 heterocycles. The van der Waals surface area contributed by atoms with Crippen LogP contribution >= 0.6 is 11.8 Å². The molecule has 0 bridgehead atoms. The van der Waals surface area contributed by atoms with Crippen molar-refractivity contribution in [2.75, 3.05) is 6.26 Å². The van der Waals surface area contributed by atoms with Gasteiger partial charge in [-0.1, -0.05) is 30.3 Å². The van der Waals surface area contributed by atoms with E-state index in [1.54, 1.807) is 66.5 Å². The van der Waals surface area contributed by atoms with E-state index in [-0.39, 0.29) is 10.6 Å². The van der Waals surface area contributed by atoms with Crippen molar-refractivity contribution in [2.45, 2.75) is 15.9 Å². The van der Waals surface area contributed by atoms with Crippen LogP contribution in [-0.4, -0.2) is 28.7 Å². The van der Waals surface area contributed by atoms with E-state index < -0.39 is 16.1 Å². The van der Waals surface area contributed by atoms with Crippen LogP contribution in [0.5, 0.6) is 0 Å². The van der Waals surface area contributed by atoms with E-state index in [0.717, 1.165) is 8.87 Å². The van der Waals surface area contributed by atoms with Gasteiger partial charge < -0.3 is 5.11 Å². The number of thioether (sulfide) groups is 1. The molecular weight excluding hydrogens is 392 g/mol. The second-order valence-electron chi connectivity index (χ2n) is 6.24. The summed E-state index contributed by atoms with van der Waals surface area (Å²) in [5.41, 5.74) is 1.17. The molecule has 0 spiro atoms. The van der Waals surface area contributed by atoms with Gasteiger partial charge in [0.25, 0.3) is 10.0 Å². The summed E-state index contributed by atoms with van der Waals surface area (Å²) < 4.78 is 27.9. The molecule has 0 saturated heterocycles. The minimum atomic E-state index is -3.93. The van der Waals surface area contributed by atoms with Gasteiger partial charge in [0.2, 0.25) is 0 Å². The molecule has 5 nitrogen and oxygen atoms in total. The molecule has 0 radical (unpaired) electrons. The molecule has 2 aromatic heterocycles. The number of aliphatic hydroxyl groups excluding tert-OH is 1. The number of benzene rings is 2. The van der Waals surface area contributed by atoms with Crippen LogP contribution in [0.1, 0.15) is 17.4 Å². The van der Waals surface area contributed by atoms with Crippen molar-refractivity contribution in [3.63, 3.8) is 0 Å². The van der Waals surface area contributed by atoms with Crippen LogP contribution in [0.25, 0.3) is 11.0 Å². The number of pyridine rings is 1. The highest BCUT2D eigenvalue weighted by atomic mass is 32.2. The van der Waals surface area contributed by atoms with Gasteiger partial charge in [-0.3, -0.25) is 0 Å². The fraction of sp³-hybridized carbons (Fsp3) is 0.0952. The van der Waals surface area contributed by atoms with Gasteiger partial charge in [-0.15, -0.1) is 11.8 Å². The quantitative estimate of drug-likeness (QED) is 0.502. The van der Waals surface area contributed by atoms with Crippen LogP contribution in [0, 0.1) is 0 Å². The van der Waals surface area contributed by atoms with E-state index in [4.69, 9.17) is 0 Å². The van der Waals surface area contributed by atoms with Crippen LogP contribution < -0.4 is 0 Å². The maximum Gasteiger partial charge on any atom is 0.269 e. The van der Waals surface area contributed by atoms with E-state index in [9.17, 15) is 13.5 Å². The largest absolute Gasteiger partial charge is 0.382 e. The Labute approximate surface area is 167 Å². The third kappa shape index (κ3) is 3.22. The van der Waals surface area contributed by atoms with Crippen LogP contribution in [0.15, 0.2) is 88.8 Å². The molecule has 28 heavy (non-hydrogen) atoms. The van der Waals surface area contributed by atoms with Gasteiger partial charge in [0.1, 0.15) is 6.10 Å². The number of fused-ring (bicyclic) bond motifs is 1. The lowest BCUT2D eigenvalue weighted by Crippen LogP contribution is -2.18. The van der Waals surface area contributed by atoms with E-state index in [1.165, 1.54) is 12.1 Å². The normalized spacial score (nSPS) is 12.9. The summed E-state index contributed by atoms with van der Waals surface area (Å²) in [6, 6.07) is 20.8. The molecule has 2 aromatic carbocycles. The van der Waals surface area contributed by atoms with E-state index >= 15 is 0 Å². The molecule has 4 aromatic rings. The molecule has 0 aliphatic carbocycles. The van der Waals surface area contributed by atoms with Crippen molar-refractivity contribution >= 4 is 32.8 Å². The van der Waals surface area contributed by atoms with Crippen LogP contribution in [-0.2, 0) is 10.0 Å². The van der Waals surface area contributed by atoms with Gasteiger partial charge >= 0.3 is 0 Å². The predicted octanol–water partition coefficient (Wildman–Crippen LogP) is 4.08. The minimum absolute atomic E-state index is 0.143. The third-order valence-electron chi connectivity index (χ3n) is 4.54. The first-order chi connectivity index (χ1) is 13.5. The van der Waals surface area contributed by atoms with Crippen molar-refractivity contribution in [2.24, 2.45) is 0 Å². The fourth-order valence-corrected chi connectivity index (χ4v) is 5.06. The van der Waals surface area contributed by atoms with E-state index in [2.05, 4.69) is 4.98 Å². The molecule has 0 amide bonds. The summed E-state index contributed by atoms with van der Waals surface area (Å²) in [4.78, 5) is 5.47. The van der Waals surface area contributed by atoms with E-state index in [1.807, 2.05) is 18.4 Å². The summed E-state index contributed by atoms with van der Waals surface area (Å²) >= 11 is 1.60. The molecular formula is C21H18N2O3S2. The lowest BCUT2D eigenvalue weighted by Gasteiger charge is -2.16. The molecule has 7 heteroatoms. The van der Waals surface area contributed by atoms with Crippen molar-refractivity contribution in [3.05, 3.63) is 90.3 Å². The molecule has 0 unspecified atom stereocenters. The second-order valence-corrected chi connectivity index (χ2v) is 8.91. The molecule has 1 N–H and O–H groups in total. The van der Waals surface area contributed by atoms with Gasteiger partial charge in [-0.2, -0.15) is 0 Å². The zero-order chi connectivity index (χ0) is 19.7. The Bertz CT molecular complexity index is 1220. The average Bonchev–Trinajstić information content (AvgIpc) is 3.14. The average molecular weight is 411 g/mol. The maximum absolute atomic E-state index is 13.4. The molecule has 1 atom stereocenters. The Morgan fingerprint density at radius 1 is 1.00 bits per heavy atom. The highest BCUT2D eigenvalue weighted by Gasteiger charge is 2.27. The molecule has 4 rings (SSSR count). The Morgan fingerprint density at radius 3 is 2.39 bits per heavy atom. The minimum Gasteiger partial charge on any atom is -0.382 e. The molecule has 0 aliphatic heterocycles. The molecule has 142 valence electrons. The summed E-state index contributed by atoms with van der Waals surface area (Å²) in [7, 11) is -3.93. The zero-order valence-electron chi connectivity index (χ0n) is 15.1. The van der Waals surface area contributed by atoms with Crippen LogP contribution in [0.4, 0.5) is 0 Å². The van der Waals surface area contributed by atoms with Crippen LogP contribution in [0.2, 0.25) is 0 Å². The molecule has 0 fully saturated rings. The molecule has 0 saturated carbocycles. The van der Waals surface area contributed by atoms with Gasteiger partial charge in [-0.25, -0.2) is 17.4 Å². The standard InChI is InChI=1S/C21H18N2O3S2/c1-27-17-11-9-15(10-12-17)20(24)19-14-16-6-5-13-22-21(16)23(19)28(25,26)18-7-3-2-4-8-18/h2-14,20,24H,1H3/t20-/m1/s1. The van der Waals surface area contributed by atoms with Crippen molar-refractivity contribution < 1.29 is 13.5 Å². The summed E-state index contributed by atoms with van der Waals surface area (Å²) in [5.74, 6) is 0. The first kappa shape index (κ1) is 18.7. The number of hydrogen-bond acceptors (Lipinski definition) is 5. The summed E-state index contributed by atoms with van der Waals surface area (Å²) in [6.07, 6.45) is 2.41. The topological polar surface area (TPSA) is 72.2 Å². The van der Waals surface area contributed by atoms with Crippen molar-refractivity contribution in [1.82, 2.24) is 8.96 Å². The van der Waals surface area contributed by atoms with Gasteiger partial charge in [0.05, 0.1) is 10.6 Å². The highest BCUT2D eigenvalue weighted by molar-refractivity contribution is 7.98. The maximum atomic E-state index is 13.4. The highest BCUT2D eigenvalue weighted by Crippen LogP contribution is 2.31. The number of rotatable bonds is 5. The first-order valence-electron chi connectivity index (χ1n) is 8.61. The Kier molecular flexibility index (Phi) is 4.97. The lowest BCUT2D eigenvalue weighted by atomic mass is 10.1. The lowest BCUT2D eigenvalue weighted by molar-refractivity contribution is 0.214. The zero-order valence-corrected chi connectivity index (χ0v) is 16.7. The number of nitrogens with zero attached hydrogens (tertiary/aromatic N) is 2. The summed E-state index contributed by atoms with van der Waals surface area (Å²) in [5, 5.41) is 11.7. The monoisotopic (exact) mass is 410 g/mol. The number of hydrogen-bond donors (Lipinski definition) is 1.